The van der Waals surface area contributed by atoms with E-state index >= 15 is 0 Å². The van der Waals surface area contributed by atoms with Gasteiger partial charge in [0.05, 0.1) is 12.7 Å². The molecule has 1 unspecified atom stereocenters. The van der Waals surface area contributed by atoms with Crippen molar-refractivity contribution >= 4 is 0 Å². The van der Waals surface area contributed by atoms with Gasteiger partial charge in [-0.3, -0.25) is 0 Å². The fourth-order valence-electron chi connectivity index (χ4n) is 1.78. The molecule has 0 aromatic rings. The summed E-state index contributed by atoms with van der Waals surface area (Å²) >= 11 is 0. The molecule has 0 radical (unpaired) electrons. The predicted octanol–water partition coefficient (Wildman–Crippen LogP) is 0.563. The van der Waals surface area contributed by atoms with E-state index in [0.717, 1.165) is 38.7 Å². The van der Waals surface area contributed by atoms with E-state index in [0.29, 0.717) is 6.10 Å². The third-order valence-corrected chi connectivity index (χ3v) is 2.20. The molecule has 1 aliphatic heterocycles. The molecular weight excluding hydrogens is 164 g/mol. The molecule has 13 heavy (non-hydrogen) atoms. The van der Waals surface area contributed by atoms with Gasteiger partial charge in [0.15, 0.2) is 0 Å². The maximum Gasteiger partial charge on any atom is 0.0826 e. The Morgan fingerprint density at radius 1 is 1.54 bits per heavy atom. The van der Waals surface area contributed by atoms with Gasteiger partial charge in [-0.1, -0.05) is 13.8 Å². The van der Waals surface area contributed by atoms with Crippen LogP contribution in [0.1, 0.15) is 13.8 Å². The van der Waals surface area contributed by atoms with Crippen molar-refractivity contribution in [3.05, 3.63) is 0 Å². The zero-order valence-electron chi connectivity index (χ0n) is 9.05. The van der Waals surface area contributed by atoms with Crippen molar-refractivity contribution in [2.75, 3.05) is 39.8 Å². The van der Waals surface area contributed by atoms with Gasteiger partial charge in [-0.2, -0.15) is 0 Å². The average Bonchev–Trinajstić information content (AvgIpc) is 2.04. The van der Waals surface area contributed by atoms with Gasteiger partial charge in [-0.15, -0.1) is 0 Å². The number of morpholine rings is 1. The van der Waals surface area contributed by atoms with Crippen molar-refractivity contribution in [2.45, 2.75) is 20.0 Å². The average molecular weight is 186 g/mol. The minimum Gasteiger partial charge on any atom is -0.374 e. The molecule has 1 heterocycles. The maximum atomic E-state index is 5.63. The molecule has 0 saturated carbocycles. The molecular formula is C10H22N2O. The van der Waals surface area contributed by atoms with Crippen LogP contribution in [-0.2, 0) is 4.74 Å². The summed E-state index contributed by atoms with van der Waals surface area (Å²) in [7, 11) is 2.16. The van der Waals surface area contributed by atoms with Crippen LogP contribution in [0.3, 0.4) is 0 Å². The van der Waals surface area contributed by atoms with Gasteiger partial charge in [0, 0.05) is 26.2 Å². The SMILES string of the molecule is CC(C)CN(C)CC1CNCCO1. The van der Waals surface area contributed by atoms with E-state index in [9.17, 15) is 0 Å². The fraction of sp³-hybridized carbons (Fsp3) is 1.00. The molecule has 0 aliphatic carbocycles. The summed E-state index contributed by atoms with van der Waals surface area (Å²) in [5.41, 5.74) is 0. The fourth-order valence-corrected chi connectivity index (χ4v) is 1.78. The smallest absolute Gasteiger partial charge is 0.0826 e. The highest BCUT2D eigenvalue weighted by atomic mass is 16.5. The van der Waals surface area contributed by atoms with Crippen LogP contribution < -0.4 is 5.32 Å². The lowest BCUT2D eigenvalue weighted by molar-refractivity contribution is 0.00854. The number of nitrogens with one attached hydrogen (secondary N) is 1. The maximum absolute atomic E-state index is 5.63. The van der Waals surface area contributed by atoms with Crippen molar-refractivity contribution in [3.63, 3.8) is 0 Å². The molecule has 1 saturated heterocycles. The van der Waals surface area contributed by atoms with Crippen LogP contribution >= 0.6 is 0 Å². The molecule has 1 atom stereocenters. The second-order valence-corrected chi connectivity index (χ2v) is 4.31. The monoisotopic (exact) mass is 186 g/mol. The van der Waals surface area contributed by atoms with E-state index in [-0.39, 0.29) is 0 Å². The van der Waals surface area contributed by atoms with Gasteiger partial charge in [0.2, 0.25) is 0 Å². The lowest BCUT2D eigenvalue weighted by Gasteiger charge is -2.28. The van der Waals surface area contributed by atoms with Gasteiger partial charge in [0.1, 0.15) is 0 Å². The first-order valence-electron chi connectivity index (χ1n) is 5.19. The van der Waals surface area contributed by atoms with E-state index < -0.39 is 0 Å². The Kier molecular flexibility index (Phi) is 4.70. The standard InChI is InChI=1S/C10H22N2O/c1-9(2)7-12(3)8-10-6-11-4-5-13-10/h9-11H,4-8H2,1-3H3. The van der Waals surface area contributed by atoms with Gasteiger partial charge < -0.3 is 15.0 Å². The Hall–Kier alpha value is -0.120. The number of likely N-dealkylation sites (N-methyl/N-ethyl adjacent to an activating group) is 1. The molecule has 3 heteroatoms. The van der Waals surface area contributed by atoms with E-state index in [1.54, 1.807) is 0 Å². The lowest BCUT2D eigenvalue weighted by atomic mass is 10.2. The number of hydrogen-bond donors (Lipinski definition) is 1. The Bertz CT molecular complexity index is 133. The van der Waals surface area contributed by atoms with E-state index in [1.165, 1.54) is 0 Å². The normalized spacial score (nSPS) is 24.2. The highest BCUT2D eigenvalue weighted by molar-refractivity contribution is 4.70. The molecule has 3 nitrogen and oxygen atoms in total. The molecule has 1 aliphatic rings. The number of nitrogens with zero attached hydrogens (tertiary/aromatic N) is 1. The minimum absolute atomic E-state index is 0.387. The topological polar surface area (TPSA) is 24.5 Å². The summed E-state index contributed by atoms with van der Waals surface area (Å²) in [5, 5.41) is 3.34. The molecule has 1 rings (SSSR count). The summed E-state index contributed by atoms with van der Waals surface area (Å²) < 4.78 is 5.63. The lowest BCUT2D eigenvalue weighted by Crippen LogP contribution is -2.45. The van der Waals surface area contributed by atoms with E-state index in [1.807, 2.05) is 0 Å². The van der Waals surface area contributed by atoms with Crippen molar-refractivity contribution in [3.8, 4) is 0 Å². The minimum atomic E-state index is 0.387. The van der Waals surface area contributed by atoms with Crippen LogP contribution in [0.15, 0.2) is 0 Å². The van der Waals surface area contributed by atoms with Gasteiger partial charge in [-0.05, 0) is 13.0 Å². The van der Waals surface area contributed by atoms with Crippen molar-refractivity contribution in [1.82, 2.24) is 10.2 Å². The summed E-state index contributed by atoms with van der Waals surface area (Å²) in [6.07, 6.45) is 0.387. The first-order chi connectivity index (χ1) is 6.18. The van der Waals surface area contributed by atoms with Crippen LogP contribution in [0.5, 0.6) is 0 Å². The second-order valence-electron chi connectivity index (χ2n) is 4.31. The Balaban J connectivity index is 2.14. The molecule has 0 spiro atoms. The highest BCUT2D eigenvalue weighted by Gasteiger charge is 2.15. The van der Waals surface area contributed by atoms with Crippen molar-refractivity contribution in [1.29, 1.82) is 0 Å². The highest BCUT2D eigenvalue weighted by Crippen LogP contribution is 2.01. The quantitative estimate of drug-likeness (QED) is 0.694. The molecule has 0 bridgehead atoms. The summed E-state index contributed by atoms with van der Waals surface area (Å²) in [5.74, 6) is 0.738. The number of hydrogen-bond acceptors (Lipinski definition) is 3. The van der Waals surface area contributed by atoms with E-state index in [2.05, 4.69) is 31.1 Å². The first kappa shape index (κ1) is 11.0. The molecule has 1 fully saturated rings. The molecule has 78 valence electrons. The Morgan fingerprint density at radius 3 is 2.85 bits per heavy atom. The van der Waals surface area contributed by atoms with Crippen LogP contribution in [0, 0.1) is 5.92 Å². The molecule has 0 aromatic carbocycles. The van der Waals surface area contributed by atoms with E-state index in [4.69, 9.17) is 4.74 Å². The molecule has 0 amide bonds. The summed E-state index contributed by atoms with van der Waals surface area (Å²) in [4.78, 5) is 2.35. The first-order valence-corrected chi connectivity index (χ1v) is 5.19. The largest absolute Gasteiger partial charge is 0.374 e. The van der Waals surface area contributed by atoms with Crippen LogP contribution in [-0.4, -0.2) is 50.8 Å². The molecule has 0 aromatic heterocycles. The number of ether oxygens (including phenoxy) is 1. The van der Waals surface area contributed by atoms with Crippen molar-refractivity contribution < 1.29 is 4.74 Å². The van der Waals surface area contributed by atoms with Crippen LogP contribution in [0.2, 0.25) is 0 Å². The second kappa shape index (κ2) is 5.58. The van der Waals surface area contributed by atoms with Crippen molar-refractivity contribution in [2.24, 2.45) is 5.92 Å². The number of rotatable bonds is 4. The van der Waals surface area contributed by atoms with Gasteiger partial charge in [-0.25, -0.2) is 0 Å². The van der Waals surface area contributed by atoms with Crippen LogP contribution in [0.25, 0.3) is 0 Å². The Morgan fingerprint density at radius 2 is 2.31 bits per heavy atom. The third-order valence-electron chi connectivity index (χ3n) is 2.20. The zero-order chi connectivity index (χ0) is 9.68. The molecule has 1 N–H and O–H groups in total. The summed E-state index contributed by atoms with van der Waals surface area (Å²) in [6, 6.07) is 0. The van der Waals surface area contributed by atoms with Gasteiger partial charge in [0.25, 0.3) is 0 Å². The van der Waals surface area contributed by atoms with Crippen LogP contribution in [0.4, 0.5) is 0 Å². The van der Waals surface area contributed by atoms with Gasteiger partial charge >= 0.3 is 0 Å². The summed E-state index contributed by atoms with van der Waals surface area (Å²) in [6.45, 7) is 9.56. The third kappa shape index (κ3) is 4.60. The zero-order valence-corrected chi connectivity index (χ0v) is 9.05. The Labute approximate surface area is 81.4 Å². The predicted molar refractivity (Wildman–Crippen MR) is 54.9 cm³/mol.